The third kappa shape index (κ3) is 6.66. The molecule has 27 heavy (non-hydrogen) atoms. The van der Waals surface area contributed by atoms with E-state index in [1.807, 2.05) is 24.3 Å². The van der Waals surface area contributed by atoms with E-state index in [2.05, 4.69) is 31.6 Å². The van der Waals surface area contributed by atoms with Crippen LogP contribution in [0.5, 0.6) is 11.5 Å². The third-order valence-electron chi connectivity index (χ3n) is 3.96. The van der Waals surface area contributed by atoms with E-state index >= 15 is 0 Å². The van der Waals surface area contributed by atoms with E-state index in [9.17, 15) is 9.59 Å². The molecule has 0 atom stereocenters. The zero-order valence-corrected chi connectivity index (χ0v) is 16.2. The molecule has 0 radical (unpaired) electrons. The molecule has 6 nitrogen and oxygen atoms in total. The number of nitrogens with one attached hydrogen (secondary N) is 2. The molecule has 0 aliphatic heterocycles. The summed E-state index contributed by atoms with van der Waals surface area (Å²) < 4.78 is 10.5. The van der Waals surface area contributed by atoms with Crippen molar-refractivity contribution >= 4 is 11.8 Å². The van der Waals surface area contributed by atoms with Crippen molar-refractivity contribution in [2.75, 3.05) is 13.7 Å². The maximum atomic E-state index is 11.9. The molecule has 0 saturated carbocycles. The van der Waals surface area contributed by atoms with Gasteiger partial charge in [-0.25, -0.2) is 0 Å². The van der Waals surface area contributed by atoms with Crippen molar-refractivity contribution in [2.45, 2.75) is 32.6 Å². The van der Waals surface area contributed by atoms with Crippen LogP contribution in [0.2, 0.25) is 0 Å². The highest BCUT2D eigenvalue weighted by atomic mass is 16.5. The molecule has 144 valence electrons. The number of methoxy groups -OCH3 is 1. The minimum atomic E-state index is -0.432. The molecule has 0 aliphatic carbocycles. The van der Waals surface area contributed by atoms with Gasteiger partial charge in [0.2, 0.25) is 5.91 Å². The van der Waals surface area contributed by atoms with Crippen LogP contribution in [0.25, 0.3) is 0 Å². The number of hydrazine groups is 1. The molecular formula is C21H26N2O4. The minimum Gasteiger partial charge on any atom is -0.497 e. The lowest BCUT2D eigenvalue weighted by Gasteiger charge is -2.19. The van der Waals surface area contributed by atoms with E-state index in [0.29, 0.717) is 5.75 Å². The highest BCUT2D eigenvalue weighted by Gasteiger charge is 2.13. The Morgan fingerprint density at radius 2 is 1.41 bits per heavy atom. The molecule has 2 rings (SSSR count). The van der Waals surface area contributed by atoms with Gasteiger partial charge in [0, 0.05) is 0 Å². The first-order valence-electron chi connectivity index (χ1n) is 8.72. The van der Waals surface area contributed by atoms with Gasteiger partial charge in [0.15, 0.2) is 6.61 Å². The van der Waals surface area contributed by atoms with Gasteiger partial charge in [0.05, 0.1) is 13.5 Å². The number of ether oxygens (including phenoxy) is 2. The Morgan fingerprint density at radius 3 is 1.96 bits per heavy atom. The van der Waals surface area contributed by atoms with Crippen LogP contribution in [0.1, 0.15) is 31.9 Å². The number of hydrogen-bond acceptors (Lipinski definition) is 4. The Hall–Kier alpha value is -3.02. The van der Waals surface area contributed by atoms with Crippen molar-refractivity contribution in [3.8, 4) is 11.5 Å². The van der Waals surface area contributed by atoms with Crippen molar-refractivity contribution in [3.05, 3.63) is 59.7 Å². The summed E-state index contributed by atoms with van der Waals surface area (Å²) in [6.45, 7) is 6.21. The minimum absolute atomic E-state index is 0.0596. The molecule has 2 N–H and O–H groups in total. The smallest absolute Gasteiger partial charge is 0.276 e. The predicted molar refractivity (Wildman–Crippen MR) is 104 cm³/mol. The fourth-order valence-electron chi connectivity index (χ4n) is 2.35. The summed E-state index contributed by atoms with van der Waals surface area (Å²) in [5.74, 6) is 0.573. The zero-order chi connectivity index (χ0) is 19.9. The number of rotatable bonds is 6. The topological polar surface area (TPSA) is 76.7 Å². The monoisotopic (exact) mass is 370 g/mol. The van der Waals surface area contributed by atoms with Gasteiger partial charge in [-0.1, -0.05) is 45.0 Å². The molecule has 2 amide bonds. The van der Waals surface area contributed by atoms with Crippen LogP contribution in [-0.2, 0) is 21.4 Å². The van der Waals surface area contributed by atoms with E-state index in [1.165, 1.54) is 5.56 Å². The predicted octanol–water partition coefficient (Wildman–Crippen LogP) is 2.76. The van der Waals surface area contributed by atoms with Crippen LogP contribution in [0.15, 0.2) is 48.5 Å². The molecule has 2 aromatic carbocycles. The van der Waals surface area contributed by atoms with E-state index < -0.39 is 5.91 Å². The summed E-state index contributed by atoms with van der Waals surface area (Å²) in [7, 11) is 1.58. The molecule has 0 unspecified atom stereocenters. The van der Waals surface area contributed by atoms with Gasteiger partial charge in [-0.05, 0) is 40.8 Å². The third-order valence-corrected chi connectivity index (χ3v) is 3.96. The van der Waals surface area contributed by atoms with Gasteiger partial charge >= 0.3 is 0 Å². The number of carbonyl (C=O) groups is 2. The Morgan fingerprint density at radius 1 is 0.852 bits per heavy atom. The van der Waals surface area contributed by atoms with Crippen molar-refractivity contribution in [1.82, 2.24) is 10.9 Å². The SMILES string of the molecule is COc1ccc(CC(=O)NNC(=O)COc2ccc(C(C)(C)C)cc2)cc1. The zero-order valence-electron chi connectivity index (χ0n) is 16.2. The first-order valence-corrected chi connectivity index (χ1v) is 8.72. The molecule has 6 heteroatoms. The summed E-state index contributed by atoms with van der Waals surface area (Å²) in [6, 6.07) is 14.8. The summed E-state index contributed by atoms with van der Waals surface area (Å²) >= 11 is 0. The molecule has 0 saturated heterocycles. The molecule has 0 aromatic heterocycles. The van der Waals surface area contributed by atoms with Crippen molar-refractivity contribution in [2.24, 2.45) is 0 Å². The molecule has 2 aromatic rings. The van der Waals surface area contributed by atoms with Gasteiger partial charge in [-0.3, -0.25) is 20.4 Å². The maximum Gasteiger partial charge on any atom is 0.276 e. The second-order valence-electron chi connectivity index (χ2n) is 7.18. The number of carbonyl (C=O) groups excluding carboxylic acids is 2. The molecule has 0 fully saturated rings. The Labute approximate surface area is 159 Å². The Kier molecular flexibility index (Phi) is 6.82. The first-order chi connectivity index (χ1) is 12.8. The summed E-state index contributed by atoms with van der Waals surface area (Å²) in [5, 5.41) is 0. The van der Waals surface area contributed by atoms with E-state index in [-0.39, 0.29) is 24.3 Å². The normalized spacial score (nSPS) is 10.8. The van der Waals surface area contributed by atoms with Crippen LogP contribution >= 0.6 is 0 Å². The summed E-state index contributed by atoms with van der Waals surface area (Å²) in [5.41, 5.74) is 6.78. The highest BCUT2D eigenvalue weighted by Crippen LogP contribution is 2.24. The van der Waals surface area contributed by atoms with Gasteiger partial charge in [0.25, 0.3) is 5.91 Å². The molecule has 0 bridgehead atoms. The van der Waals surface area contributed by atoms with Gasteiger partial charge < -0.3 is 9.47 Å². The Bertz CT molecular complexity index is 762. The van der Waals surface area contributed by atoms with Crippen LogP contribution in [-0.4, -0.2) is 25.5 Å². The standard InChI is InChI=1S/C21H26N2O4/c1-21(2,3)16-7-11-18(12-8-16)27-14-20(25)23-22-19(24)13-15-5-9-17(26-4)10-6-15/h5-12H,13-14H2,1-4H3,(H,22,24)(H,23,25). The fourth-order valence-corrected chi connectivity index (χ4v) is 2.35. The van der Waals surface area contributed by atoms with Crippen LogP contribution in [0.3, 0.4) is 0 Å². The number of benzene rings is 2. The average molecular weight is 370 g/mol. The molecule has 0 spiro atoms. The van der Waals surface area contributed by atoms with Crippen molar-refractivity contribution in [3.63, 3.8) is 0 Å². The lowest BCUT2D eigenvalue weighted by atomic mass is 9.87. The highest BCUT2D eigenvalue weighted by molar-refractivity contribution is 5.83. The first kappa shape index (κ1) is 20.3. The molecule has 0 heterocycles. The molecule has 0 aliphatic rings. The van der Waals surface area contributed by atoms with Crippen molar-refractivity contribution in [1.29, 1.82) is 0 Å². The Balaban J connectivity index is 1.73. The number of hydrogen-bond donors (Lipinski definition) is 2. The van der Waals surface area contributed by atoms with Crippen LogP contribution in [0, 0.1) is 0 Å². The van der Waals surface area contributed by atoms with Crippen LogP contribution in [0.4, 0.5) is 0 Å². The maximum absolute atomic E-state index is 11.9. The second-order valence-corrected chi connectivity index (χ2v) is 7.18. The van der Waals surface area contributed by atoms with E-state index in [1.54, 1.807) is 31.4 Å². The largest absolute Gasteiger partial charge is 0.497 e. The van der Waals surface area contributed by atoms with Crippen LogP contribution < -0.4 is 20.3 Å². The lowest BCUT2D eigenvalue weighted by Crippen LogP contribution is -2.44. The second kappa shape index (κ2) is 9.07. The molecular weight excluding hydrogens is 344 g/mol. The van der Waals surface area contributed by atoms with E-state index in [0.717, 1.165) is 11.3 Å². The summed E-state index contributed by atoms with van der Waals surface area (Å²) in [6.07, 6.45) is 0.152. The fraction of sp³-hybridized carbons (Fsp3) is 0.333. The van der Waals surface area contributed by atoms with Gasteiger partial charge in [-0.15, -0.1) is 0 Å². The van der Waals surface area contributed by atoms with Gasteiger partial charge in [-0.2, -0.15) is 0 Å². The quantitative estimate of drug-likeness (QED) is 0.767. The lowest BCUT2D eigenvalue weighted by molar-refractivity contribution is -0.129. The van der Waals surface area contributed by atoms with Crippen molar-refractivity contribution < 1.29 is 19.1 Å². The number of amides is 2. The summed E-state index contributed by atoms with van der Waals surface area (Å²) in [4.78, 5) is 23.7. The average Bonchev–Trinajstić information content (AvgIpc) is 2.65. The van der Waals surface area contributed by atoms with Gasteiger partial charge in [0.1, 0.15) is 11.5 Å². The van der Waals surface area contributed by atoms with E-state index in [4.69, 9.17) is 9.47 Å².